The van der Waals surface area contributed by atoms with Crippen molar-refractivity contribution >= 4 is 5.91 Å². The van der Waals surface area contributed by atoms with Gasteiger partial charge in [0.05, 0.1) is 5.69 Å². The smallest absolute Gasteiger partial charge is 0.366 e. The van der Waals surface area contributed by atoms with E-state index in [4.69, 9.17) is 5.73 Å². The van der Waals surface area contributed by atoms with Crippen molar-refractivity contribution in [3.63, 3.8) is 0 Å². The van der Waals surface area contributed by atoms with Crippen LogP contribution in [0.15, 0.2) is 48.8 Å². The fraction of sp³-hybridized carbons (Fsp3) is 0.211. The van der Waals surface area contributed by atoms with Crippen molar-refractivity contribution in [3.05, 3.63) is 65.7 Å². The highest BCUT2D eigenvalue weighted by Crippen LogP contribution is 2.43. The van der Waals surface area contributed by atoms with E-state index < -0.39 is 17.8 Å². The van der Waals surface area contributed by atoms with Gasteiger partial charge in [0.2, 0.25) is 5.91 Å². The molecule has 2 N–H and O–H groups in total. The van der Waals surface area contributed by atoms with E-state index in [0.717, 1.165) is 18.9 Å². The third kappa shape index (κ3) is 3.30. The van der Waals surface area contributed by atoms with Crippen molar-refractivity contribution in [2.75, 3.05) is 0 Å². The van der Waals surface area contributed by atoms with Gasteiger partial charge in [-0.2, -0.15) is 18.3 Å². The van der Waals surface area contributed by atoms with Gasteiger partial charge in [0.25, 0.3) is 0 Å². The maximum Gasteiger partial charge on any atom is 0.435 e. The molecule has 1 saturated carbocycles. The molecule has 8 heteroatoms. The quantitative estimate of drug-likeness (QED) is 0.754. The molecule has 2 heterocycles. The van der Waals surface area contributed by atoms with Crippen LogP contribution < -0.4 is 5.73 Å². The molecule has 0 saturated heterocycles. The molecule has 2 aromatic heterocycles. The van der Waals surface area contributed by atoms with E-state index in [2.05, 4.69) is 10.1 Å². The average Bonchev–Trinajstić information content (AvgIpc) is 3.38. The molecule has 1 amide bonds. The van der Waals surface area contributed by atoms with Crippen LogP contribution in [0.3, 0.4) is 0 Å². The lowest BCUT2D eigenvalue weighted by molar-refractivity contribution is -0.141. The van der Waals surface area contributed by atoms with Crippen LogP contribution in [0.2, 0.25) is 0 Å². The molecule has 0 unspecified atom stereocenters. The highest BCUT2D eigenvalue weighted by atomic mass is 19.4. The summed E-state index contributed by atoms with van der Waals surface area (Å²) in [7, 11) is 0. The van der Waals surface area contributed by atoms with Crippen molar-refractivity contribution < 1.29 is 18.0 Å². The molecule has 3 aromatic rings. The van der Waals surface area contributed by atoms with Gasteiger partial charge in [-0.3, -0.25) is 9.78 Å². The summed E-state index contributed by atoms with van der Waals surface area (Å²) in [6.45, 7) is 0. The Morgan fingerprint density at radius 2 is 1.85 bits per heavy atom. The molecule has 0 radical (unpaired) electrons. The Labute approximate surface area is 152 Å². The number of aromatic nitrogens is 3. The number of rotatable bonds is 4. The predicted molar refractivity (Wildman–Crippen MR) is 92.3 cm³/mol. The number of carbonyl (C=O) groups is 1. The van der Waals surface area contributed by atoms with Crippen LogP contribution in [0.25, 0.3) is 16.8 Å². The summed E-state index contributed by atoms with van der Waals surface area (Å²) in [4.78, 5) is 15.6. The third-order valence-electron chi connectivity index (χ3n) is 4.53. The second kappa shape index (κ2) is 6.22. The van der Waals surface area contributed by atoms with Gasteiger partial charge in [-0.1, -0.05) is 12.1 Å². The molecule has 0 bridgehead atoms. The summed E-state index contributed by atoms with van der Waals surface area (Å²) >= 11 is 0. The first-order chi connectivity index (χ1) is 12.8. The highest BCUT2D eigenvalue weighted by Gasteiger charge is 2.38. The largest absolute Gasteiger partial charge is 0.435 e. The zero-order valence-electron chi connectivity index (χ0n) is 14.1. The molecule has 138 valence electrons. The molecule has 1 aliphatic rings. The third-order valence-corrected chi connectivity index (χ3v) is 4.53. The van der Waals surface area contributed by atoms with Gasteiger partial charge in [-0.05, 0) is 42.7 Å². The maximum absolute atomic E-state index is 13.1. The minimum absolute atomic E-state index is 0.105. The predicted octanol–water partition coefficient (Wildman–Crippen LogP) is 3.93. The minimum Gasteiger partial charge on any atom is -0.366 e. The Morgan fingerprint density at radius 3 is 2.44 bits per heavy atom. The number of pyridine rings is 1. The van der Waals surface area contributed by atoms with Crippen LogP contribution in [0.1, 0.15) is 40.5 Å². The number of primary amides is 1. The fourth-order valence-electron chi connectivity index (χ4n) is 3.03. The summed E-state index contributed by atoms with van der Waals surface area (Å²) in [6, 6.07) is 9.42. The van der Waals surface area contributed by atoms with Gasteiger partial charge in [0.15, 0.2) is 5.69 Å². The number of nitrogens with two attached hydrogens (primary N) is 1. The van der Waals surface area contributed by atoms with Gasteiger partial charge in [0, 0.05) is 35.1 Å². The molecule has 1 aliphatic carbocycles. The maximum atomic E-state index is 13.1. The van der Waals surface area contributed by atoms with Crippen LogP contribution in [0.5, 0.6) is 0 Å². The molecule has 27 heavy (non-hydrogen) atoms. The lowest BCUT2D eigenvalue weighted by Crippen LogP contribution is -2.12. The lowest BCUT2D eigenvalue weighted by atomic mass is 10.0. The summed E-state index contributed by atoms with van der Waals surface area (Å²) in [5.74, 6) is -0.470. The molecular formula is C19H15F3N4O. The van der Waals surface area contributed by atoms with Crippen molar-refractivity contribution in [1.29, 1.82) is 0 Å². The van der Waals surface area contributed by atoms with E-state index in [1.807, 2.05) is 0 Å². The first kappa shape index (κ1) is 17.3. The first-order valence-electron chi connectivity index (χ1n) is 8.36. The van der Waals surface area contributed by atoms with Crippen LogP contribution in [0, 0.1) is 0 Å². The molecule has 5 nitrogen and oxygen atoms in total. The van der Waals surface area contributed by atoms with E-state index in [0.29, 0.717) is 28.1 Å². The van der Waals surface area contributed by atoms with Crippen LogP contribution in [-0.4, -0.2) is 20.7 Å². The van der Waals surface area contributed by atoms with Gasteiger partial charge >= 0.3 is 6.18 Å². The molecule has 0 spiro atoms. The Kier molecular flexibility index (Phi) is 3.98. The monoisotopic (exact) mass is 372 g/mol. The normalized spacial score (nSPS) is 14.3. The van der Waals surface area contributed by atoms with E-state index in [9.17, 15) is 18.0 Å². The number of benzene rings is 1. The Bertz CT molecular complexity index is 1000. The van der Waals surface area contributed by atoms with Gasteiger partial charge < -0.3 is 5.73 Å². The SMILES string of the molecule is NC(=O)c1ccncc1-c1ccc(-n2nc(C(F)(F)F)cc2C2CC2)cc1. The lowest BCUT2D eigenvalue weighted by Gasteiger charge is -2.10. The minimum atomic E-state index is -4.49. The fourth-order valence-corrected chi connectivity index (χ4v) is 3.03. The number of alkyl halides is 3. The summed E-state index contributed by atoms with van der Waals surface area (Å²) in [5, 5.41) is 3.77. The van der Waals surface area contributed by atoms with Crippen molar-refractivity contribution in [2.45, 2.75) is 24.9 Å². The number of halogens is 3. The average molecular weight is 372 g/mol. The molecule has 4 rings (SSSR count). The Morgan fingerprint density at radius 1 is 1.15 bits per heavy atom. The molecule has 1 aromatic carbocycles. The second-order valence-corrected chi connectivity index (χ2v) is 6.47. The van der Waals surface area contributed by atoms with Crippen LogP contribution in [0.4, 0.5) is 13.2 Å². The summed E-state index contributed by atoms with van der Waals surface area (Å²) in [6.07, 6.45) is 0.237. The van der Waals surface area contributed by atoms with E-state index in [1.54, 1.807) is 24.3 Å². The van der Waals surface area contributed by atoms with Crippen LogP contribution in [-0.2, 0) is 6.18 Å². The molecular weight excluding hydrogens is 357 g/mol. The van der Waals surface area contributed by atoms with Crippen molar-refractivity contribution in [1.82, 2.24) is 14.8 Å². The summed E-state index contributed by atoms with van der Waals surface area (Å²) in [5.41, 5.74) is 7.18. The standard InChI is InChI=1S/C19H15F3N4O/c20-19(21,22)17-9-16(12-1-2-12)26(25-17)13-5-3-11(4-6-13)15-10-24-8-7-14(15)18(23)27/h3-10,12H,1-2H2,(H2,23,27). The van der Waals surface area contributed by atoms with E-state index in [1.165, 1.54) is 23.1 Å². The van der Waals surface area contributed by atoms with Gasteiger partial charge in [-0.25, -0.2) is 4.68 Å². The van der Waals surface area contributed by atoms with Gasteiger partial charge in [-0.15, -0.1) is 0 Å². The van der Waals surface area contributed by atoms with E-state index >= 15 is 0 Å². The number of hydrogen-bond donors (Lipinski definition) is 1. The number of carbonyl (C=O) groups excluding carboxylic acids is 1. The summed E-state index contributed by atoms with van der Waals surface area (Å²) < 4.78 is 40.5. The van der Waals surface area contributed by atoms with Gasteiger partial charge in [0.1, 0.15) is 0 Å². The number of amides is 1. The molecule has 0 atom stereocenters. The van der Waals surface area contributed by atoms with E-state index in [-0.39, 0.29) is 5.92 Å². The van der Waals surface area contributed by atoms with Crippen molar-refractivity contribution in [2.24, 2.45) is 5.73 Å². The van der Waals surface area contributed by atoms with Crippen molar-refractivity contribution in [3.8, 4) is 16.8 Å². The molecule has 0 aliphatic heterocycles. The first-order valence-corrected chi connectivity index (χ1v) is 8.36. The second-order valence-electron chi connectivity index (χ2n) is 6.47. The molecule has 1 fully saturated rings. The van der Waals surface area contributed by atoms with Crippen LogP contribution >= 0.6 is 0 Å². The number of hydrogen-bond acceptors (Lipinski definition) is 3. The topological polar surface area (TPSA) is 73.8 Å². The number of nitrogens with zero attached hydrogens (tertiary/aromatic N) is 3. The highest BCUT2D eigenvalue weighted by molar-refractivity contribution is 5.99. The zero-order chi connectivity index (χ0) is 19.2. The Hall–Kier alpha value is -3.16. The Balaban J connectivity index is 1.74. The zero-order valence-corrected chi connectivity index (χ0v) is 14.1.